The first-order valence-electron chi connectivity index (χ1n) is 16.2. The molecule has 1 unspecified atom stereocenters. The van der Waals surface area contributed by atoms with Crippen LogP contribution in [0.25, 0.3) is 0 Å². The first kappa shape index (κ1) is 31.6. The Morgan fingerprint density at radius 1 is 1.05 bits per heavy atom. The van der Waals surface area contributed by atoms with Gasteiger partial charge < -0.3 is 19.7 Å². The Hall–Kier alpha value is -2.38. The smallest absolute Gasteiger partial charge is 0.337 e. The SMILES string of the molecule is CCCCCCCNCCCCCN1C(=O)[C@]2(CCN3C[C@H](CC)[C@@H](/C(=C\OC)C(=O)OC)CC32)c2ccccc21. The molecular formula is C34H53N3O4. The Morgan fingerprint density at radius 2 is 1.78 bits per heavy atom. The van der Waals surface area contributed by atoms with Crippen LogP contribution in [0, 0.1) is 11.8 Å². The normalized spacial score (nSPS) is 26.0. The number of carbonyl (C=O) groups excluding carboxylic acids is 2. The van der Waals surface area contributed by atoms with Gasteiger partial charge in [0.1, 0.15) is 0 Å². The third-order valence-electron chi connectivity index (χ3n) is 9.90. The van der Waals surface area contributed by atoms with Gasteiger partial charge in [-0.2, -0.15) is 0 Å². The maximum atomic E-state index is 14.5. The van der Waals surface area contributed by atoms with E-state index in [9.17, 15) is 9.59 Å². The second-order valence-corrected chi connectivity index (χ2v) is 12.2. The van der Waals surface area contributed by atoms with Crippen molar-refractivity contribution in [3.63, 3.8) is 0 Å². The van der Waals surface area contributed by atoms with Crippen molar-refractivity contribution >= 4 is 17.6 Å². The largest absolute Gasteiger partial charge is 0.504 e. The minimum absolute atomic E-state index is 0.00298. The van der Waals surface area contributed by atoms with Crippen LogP contribution in [-0.2, 0) is 24.5 Å². The molecule has 1 aromatic carbocycles. The predicted molar refractivity (Wildman–Crippen MR) is 165 cm³/mol. The number of hydrogen-bond donors (Lipinski definition) is 1. The first-order valence-corrected chi connectivity index (χ1v) is 16.2. The fraction of sp³-hybridized carbons (Fsp3) is 0.706. The molecule has 3 aliphatic heterocycles. The van der Waals surface area contributed by atoms with E-state index in [0.29, 0.717) is 11.5 Å². The number of piperidine rings is 1. The summed E-state index contributed by atoms with van der Waals surface area (Å²) in [7, 11) is 3.01. The van der Waals surface area contributed by atoms with Crippen LogP contribution in [0.3, 0.4) is 0 Å². The monoisotopic (exact) mass is 567 g/mol. The van der Waals surface area contributed by atoms with E-state index in [1.165, 1.54) is 44.8 Å². The fourth-order valence-corrected chi connectivity index (χ4v) is 7.72. The summed E-state index contributed by atoms with van der Waals surface area (Å²) < 4.78 is 10.5. The van der Waals surface area contributed by atoms with Crippen molar-refractivity contribution in [2.75, 3.05) is 51.8 Å². The van der Waals surface area contributed by atoms with Crippen molar-refractivity contribution in [3.05, 3.63) is 41.7 Å². The van der Waals surface area contributed by atoms with E-state index >= 15 is 0 Å². The summed E-state index contributed by atoms with van der Waals surface area (Å²) in [5, 5.41) is 3.60. The zero-order valence-corrected chi connectivity index (χ0v) is 26.0. The Bertz CT molecular complexity index is 1040. The lowest BCUT2D eigenvalue weighted by atomic mass is 9.67. The van der Waals surface area contributed by atoms with Crippen molar-refractivity contribution in [1.29, 1.82) is 0 Å². The molecule has 4 atom stereocenters. The Balaban J connectivity index is 1.42. The predicted octanol–water partition coefficient (Wildman–Crippen LogP) is 5.83. The highest BCUT2D eigenvalue weighted by Crippen LogP contribution is 2.55. The summed E-state index contributed by atoms with van der Waals surface area (Å²) in [6.07, 6.45) is 13.9. The van der Waals surface area contributed by atoms with E-state index in [1.54, 1.807) is 13.4 Å². The van der Waals surface area contributed by atoms with Crippen LogP contribution in [0.5, 0.6) is 0 Å². The molecule has 0 aromatic heterocycles. The lowest BCUT2D eigenvalue weighted by Crippen LogP contribution is -2.55. The summed E-state index contributed by atoms with van der Waals surface area (Å²) >= 11 is 0. The summed E-state index contributed by atoms with van der Waals surface area (Å²) in [5.74, 6) is 0.230. The number of carbonyl (C=O) groups is 2. The van der Waals surface area contributed by atoms with Crippen LogP contribution in [0.15, 0.2) is 36.1 Å². The fourth-order valence-electron chi connectivity index (χ4n) is 7.72. The van der Waals surface area contributed by atoms with Crippen LogP contribution in [-0.4, -0.2) is 69.8 Å². The molecule has 1 spiro atoms. The van der Waals surface area contributed by atoms with Crippen LogP contribution in [0.1, 0.15) is 90.0 Å². The van der Waals surface area contributed by atoms with Gasteiger partial charge in [0.05, 0.1) is 31.5 Å². The molecule has 0 saturated carbocycles. The number of esters is 1. The van der Waals surface area contributed by atoms with Gasteiger partial charge in [-0.15, -0.1) is 0 Å². The number of hydrogen-bond acceptors (Lipinski definition) is 6. The molecule has 1 amide bonds. The minimum Gasteiger partial charge on any atom is -0.504 e. The highest BCUT2D eigenvalue weighted by molar-refractivity contribution is 6.09. The van der Waals surface area contributed by atoms with Crippen LogP contribution < -0.4 is 10.2 Å². The summed E-state index contributed by atoms with van der Waals surface area (Å²) in [6, 6.07) is 8.50. The van der Waals surface area contributed by atoms with Crippen molar-refractivity contribution in [2.45, 2.75) is 95.9 Å². The Kier molecular flexibility index (Phi) is 11.7. The molecule has 3 aliphatic rings. The van der Waals surface area contributed by atoms with Gasteiger partial charge in [0.2, 0.25) is 5.91 Å². The Labute approximate surface area is 248 Å². The van der Waals surface area contributed by atoms with Crippen molar-refractivity contribution in [3.8, 4) is 0 Å². The molecule has 0 aliphatic carbocycles. The zero-order chi connectivity index (χ0) is 29.2. The number of amides is 1. The molecule has 7 heteroatoms. The molecule has 228 valence electrons. The lowest BCUT2D eigenvalue weighted by molar-refractivity contribution is -0.137. The quantitative estimate of drug-likeness (QED) is 0.117. The van der Waals surface area contributed by atoms with Crippen molar-refractivity contribution in [1.82, 2.24) is 10.2 Å². The summed E-state index contributed by atoms with van der Waals surface area (Å²) in [4.78, 5) is 31.9. The maximum absolute atomic E-state index is 14.5. The van der Waals surface area contributed by atoms with Gasteiger partial charge in [0.25, 0.3) is 0 Å². The lowest BCUT2D eigenvalue weighted by Gasteiger charge is -2.45. The third-order valence-corrected chi connectivity index (χ3v) is 9.90. The molecule has 0 radical (unpaired) electrons. The number of methoxy groups -OCH3 is 2. The molecule has 1 aromatic rings. The van der Waals surface area contributed by atoms with E-state index in [-0.39, 0.29) is 23.8 Å². The number of benzene rings is 1. The highest BCUT2D eigenvalue weighted by atomic mass is 16.5. The van der Waals surface area contributed by atoms with Gasteiger partial charge in [-0.25, -0.2) is 4.79 Å². The van der Waals surface area contributed by atoms with Gasteiger partial charge in [0, 0.05) is 24.8 Å². The number of anilines is 1. The number of para-hydroxylation sites is 1. The molecule has 0 bridgehead atoms. The second-order valence-electron chi connectivity index (χ2n) is 12.2. The zero-order valence-electron chi connectivity index (χ0n) is 26.0. The average Bonchev–Trinajstić information content (AvgIpc) is 3.49. The molecule has 1 N–H and O–H groups in total. The van der Waals surface area contributed by atoms with E-state index in [0.717, 1.165) is 76.9 Å². The number of rotatable bonds is 16. The second kappa shape index (κ2) is 15.2. The van der Waals surface area contributed by atoms with E-state index < -0.39 is 5.41 Å². The molecule has 4 rings (SSSR count). The van der Waals surface area contributed by atoms with Gasteiger partial charge in [-0.1, -0.05) is 70.6 Å². The van der Waals surface area contributed by atoms with E-state index in [4.69, 9.17) is 9.47 Å². The highest BCUT2D eigenvalue weighted by Gasteiger charge is 2.62. The van der Waals surface area contributed by atoms with Crippen molar-refractivity contribution in [2.24, 2.45) is 11.8 Å². The minimum atomic E-state index is -0.554. The van der Waals surface area contributed by atoms with Crippen LogP contribution in [0.4, 0.5) is 5.69 Å². The van der Waals surface area contributed by atoms with Crippen LogP contribution >= 0.6 is 0 Å². The number of nitrogens with zero attached hydrogens (tertiary/aromatic N) is 2. The maximum Gasteiger partial charge on any atom is 0.337 e. The molecule has 2 fully saturated rings. The molecule has 41 heavy (non-hydrogen) atoms. The van der Waals surface area contributed by atoms with Gasteiger partial charge in [-0.3, -0.25) is 9.69 Å². The summed E-state index contributed by atoms with van der Waals surface area (Å²) in [6.45, 7) is 9.16. The van der Waals surface area contributed by atoms with Crippen molar-refractivity contribution < 1.29 is 19.1 Å². The third kappa shape index (κ3) is 6.67. The molecule has 2 saturated heterocycles. The first-order chi connectivity index (χ1) is 20.0. The standard InChI is InChI=1S/C34H53N3O4/c1-5-7-8-9-13-19-35-20-14-10-15-21-37-30-17-12-11-16-29(30)34(33(37)39)18-22-36-24-26(6-2)27(23-31(34)36)28(25-40-3)32(38)41-4/h11-12,16-17,25-27,31,35H,5-10,13-15,18-24H2,1-4H3/b28-25+/t26-,27-,31?,34+/m0/s1. The number of fused-ring (bicyclic) bond motifs is 4. The number of unbranched alkanes of at least 4 members (excludes halogenated alkanes) is 6. The van der Waals surface area contributed by atoms with Crippen LogP contribution in [0.2, 0.25) is 0 Å². The van der Waals surface area contributed by atoms with Gasteiger partial charge in [0.15, 0.2) is 0 Å². The summed E-state index contributed by atoms with van der Waals surface area (Å²) in [5.41, 5.74) is 2.29. The number of nitrogens with one attached hydrogen (secondary N) is 1. The molecule has 3 heterocycles. The molecular weight excluding hydrogens is 514 g/mol. The average molecular weight is 568 g/mol. The Morgan fingerprint density at radius 3 is 2.49 bits per heavy atom. The number of ether oxygens (including phenoxy) is 2. The van der Waals surface area contributed by atoms with E-state index in [2.05, 4.69) is 53.2 Å². The molecule has 7 nitrogen and oxygen atoms in total. The van der Waals surface area contributed by atoms with E-state index in [1.807, 2.05) is 0 Å². The van der Waals surface area contributed by atoms with Gasteiger partial charge in [-0.05, 0) is 75.2 Å². The topological polar surface area (TPSA) is 71.1 Å². The van der Waals surface area contributed by atoms with Gasteiger partial charge >= 0.3 is 5.97 Å².